The van der Waals surface area contributed by atoms with Gasteiger partial charge in [0.05, 0.1) is 25.7 Å². The third-order valence-corrected chi connectivity index (χ3v) is 13.6. The van der Waals surface area contributed by atoms with Crippen molar-refractivity contribution >= 4 is 71.1 Å². The van der Waals surface area contributed by atoms with Gasteiger partial charge in [-0.2, -0.15) is 0 Å². The molecule has 0 aliphatic rings. The number of carboxylic acid groups (broad SMARTS) is 1. The molecule has 6 rings (SSSR count). The van der Waals surface area contributed by atoms with Crippen LogP contribution in [0, 0.1) is 0 Å². The van der Waals surface area contributed by atoms with Gasteiger partial charge >= 0.3 is 30.1 Å². The molecule has 0 aliphatic carbocycles. The lowest BCUT2D eigenvalue weighted by Crippen LogP contribution is -2.43. The normalized spacial score (nSPS) is 11.6. The van der Waals surface area contributed by atoms with Crippen LogP contribution >= 0.6 is 0 Å². The topological polar surface area (TPSA) is 379 Å². The number of carbonyl (C=O) groups excluding carboxylic acids is 11. The number of benzene rings is 6. The van der Waals surface area contributed by atoms with Crippen LogP contribution in [0.4, 0.5) is 18.4 Å². The first kappa shape index (κ1) is 80.3. The third-order valence-electron chi connectivity index (χ3n) is 13.6. The minimum atomic E-state index is -1.53. The van der Waals surface area contributed by atoms with Gasteiger partial charge in [0.1, 0.15) is 59.3 Å². The summed E-state index contributed by atoms with van der Waals surface area (Å²) in [5, 5.41) is 23.7. The van der Waals surface area contributed by atoms with E-state index in [9.17, 15) is 71.4 Å². The zero-order chi connectivity index (χ0) is 71.8. The number of ether oxygens (including phenoxy) is 6. The monoisotopic (exact) mass is 1370 g/mol. The van der Waals surface area contributed by atoms with Gasteiger partial charge in [0, 0.05) is 44.9 Å². The number of aliphatic carboxylic acids is 1. The summed E-state index contributed by atoms with van der Waals surface area (Å²) in [5.41, 5.74) is 9.71. The van der Waals surface area contributed by atoms with Crippen molar-refractivity contribution in [2.24, 2.45) is 5.73 Å². The smallest absolute Gasteiger partial charge is 0.407 e. The van der Waals surface area contributed by atoms with Crippen LogP contribution in [-0.2, 0) is 116 Å². The second kappa shape index (κ2) is 47.7. The van der Waals surface area contributed by atoms with Gasteiger partial charge in [-0.05, 0) is 39.8 Å². The number of alkyl carbamates (subject to hydrolysis) is 2. The van der Waals surface area contributed by atoms with Gasteiger partial charge in [-0.3, -0.25) is 33.6 Å². The second-order valence-corrected chi connectivity index (χ2v) is 21.3. The van der Waals surface area contributed by atoms with Crippen molar-refractivity contribution < 1.29 is 99.8 Å². The molecule has 26 nitrogen and oxygen atoms in total. The van der Waals surface area contributed by atoms with E-state index in [0.717, 1.165) is 27.8 Å². The van der Waals surface area contributed by atoms with Crippen molar-refractivity contribution in [2.75, 3.05) is 46.4 Å². The number of rotatable bonds is 40. The van der Waals surface area contributed by atoms with Crippen LogP contribution in [-0.4, -0.2) is 147 Å². The average molecular weight is 1370 g/mol. The van der Waals surface area contributed by atoms with Crippen molar-refractivity contribution in [3.8, 4) is 0 Å². The molecular weight excluding hydrogens is 1290 g/mol. The van der Waals surface area contributed by atoms with E-state index in [1.54, 1.807) is 146 Å². The number of hydrogen-bond donors (Lipinski definition) is 8. The molecule has 6 aromatic rings. The molecule has 99 heavy (non-hydrogen) atoms. The number of amides is 6. The predicted molar refractivity (Wildman–Crippen MR) is 353 cm³/mol. The number of carboxylic acids is 1. The Morgan fingerprint density at radius 2 is 0.687 bits per heavy atom. The Hall–Kier alpha value is -11.1. The minimum Gasteiger partial charge on any atom is -0.480 e. The number of alkyl halides is 2. The highest BCUT2D eigenvalue weighted by Gasteiger charge is 2.26. The van der Waals surface area contributed by atoms with E-state index in [2.05, 4.69) is 31.9 Å². The Balaban J connectivity index is 0.000000351. The molecule has 0 bridgehead atoms. The quantitative estimate of drug-likeness (QED) is 0.0130. The van der Waals surface area contributed by atoms with Crippen molar-refractivity contribution in [3.63, 3.8) is 0 Å². The lowest BCUT2D eigenvalue weighted by Gasteiger charge is -2.18. The van der Waals surface area contributed by atoms with Crippen LogP contribution in [0.2, 0.25) is 0 Å². The minimum absolute atomic E-state index is 0.0364. The Morgan fingerprint density at radius 1 is 0.374 bits per heavy atom. The molecule has 6 amide bonds. The maximum Gasteiger partial charge on any atom is 0.407 e. The van der Waals surface area contributed by atoms with E-state index in [1.165, 1.54) is 0 Å². The van der Waals surface area contributed by atoms with Gasteiger partial charge in [0.2, 0.25) is 23.6 Å². The number of esters is 2. The Bertz CT molecular complexity index is 3460. The molecule has 0 aromatic heterocycles. The zero-order valence-corrected chi connectivity index (χ0v) is 54.2. The van der Waals surface area contributed by atoms with Crippen LogP contribution < -0.4 is 37.6 Å². The molecule has 28 heteroatoms. The summed E-state index contributed by atoms with van der Waals surface area (Å²) in [6.45, 7) is -3.68. The fraction of sp³-hybridized carbons (Fsp3) is 0.324. The van der Waals surface area contributed by atoms with E-state index in [0.29, 0.717) is 5.56 Å². The number of halogens is 2. The largest absolute Gasteiger partial charge is 0.480 e. The van der Waals surface area contributed by atoms with Crippen molar-refractivity contribution in [1.29, 1.82) is 0 Å². The number of nitrogens with two attached hydrogens (primary N) is 1. The van der Waals surface area contributed by atoms with Crippen LogP contribution in [0.1, 0.15) is 71.9 Å². The fourth-order valence-corrected chi connectivity index (χ4v) is 8.26. The summed E-state index contributed by atoms with van der Waals surface area (Å²) < 4.78 is 56.1. The average Bonchev–Trinajstić information content (AvgIpc) is 1.26. The number of carbonyl (C=O) groups is 12. The maximum absolute atomic E-state index is 13.4. The third kappa shape index (κ3) is 36.0. The van der Waals surface area contributed by atoms with Gasteiger partial charge in [0.15, 0.2) is 29.6 Å². The zero-order valence-electron chi connectivity index (χ0n) is 54.2. The van der Waals surface area contributed by atoms with E-state index in [1.807, 2.05) is 36.4 Å². The Kier molecular flexibility index (Phi) is 38.7. The number of Topliss-reactive ketones (excluding diaryl/α,β-unsaturated/α-hetero) is 3. The highest BCUT2D eigenvalue weighted by molar-refractivity contribution is 5.93. The van der Waals surface area contributed by atoms with Crippen LogP contribution in [0.15, 0.2) is 182 Å². The Labute approximate surface area is 570 Å². The molecule has 0 saturated carbocycles. The molecule has 9 N–H and O–H groups in total. The second-order valence-electron chi connectivity index (χ2n) is 21.3. The first-order chi connectivity index (χ1) is 47.8. The van der Waals surface area contributed by atoms with Gasteiger partial charge in [-0.15, -0.1) is 0 Å². The highest BCUT2D eigenvalue weighted by atomic mass is 19.1. The molecule has 0 fully saturated rings. The summed E-state index contributed by atoms with van der Waals surface area (Å²) in [4.78, 5) is 144. The van der Waals surface area contributed by atoms with Crippen molar-refractivity contribution in [3.05, 3.63) is 215 Å². The van der Waals surface area contributed by atoms with E-state index in [4.69, 9.17) is 34.2 Å². The summed E-state index contributed by atoms with van der Waals surface area (Å²) in [6, 6.07) is 51.7. The predicted octanol–water partition coefficient (Wildman–Crippen LogP) is 5.70. The van der Waals surface area contributed by atoms with E-state index in [-0.39, 0.29) is 110 Å². The molecule has 0 heterocycles. The number of nitrogens with one attached hydrogen (secondary N) is 6. The molecule has 4 atom stereocenters. The molecule has 0 aliphatic heterocycles. The lowest BCUT2D eigenvalue weighted by atomic mass is 9.99. The van der Waals surface area contributed by atoms with Gasteiger partial charge in [-0.25, -0.2) is 32.8 Å². The summed E-state index contributed by atoms with van der Waals surface area (Å²) in [6.07, 6.45) is -5.29. The SMILES string of the molecule is NCC(=O)NCOC(CF)C(=O)OCc1ccccc1.O=C(CCC(=O)N[C@@H](Cc1ccccc1)C(=O)CCC(=O)NCOC(CF)C(=O)OCc1ccccc1)CNC(=O)OCc1ccccc1.O=C(CCC(=O)N[C@@H](Cc1ccccc1)C(=O)O)CNC(=O)OCc1ccccc1. The molecule has 2 unspecified atom stereocenters. The van der Waals surface area contributed by atoms with Crippen LogP contribution in [0.5, 0.6) is 0 Å². The molecule has 0 radical (unpaired) electrons. The molecule has 0 spiro atoms. The lowest BCUT2D eigenvalue weighted by molar-refractivity contribution is -0.161. The number of hydrogen-bond acceptors (Lipinski definition) is 19. The first-order valence-corrected chi connectivity index (χ1v) is 31.2. The highest BCUT2D eigenvalue weighted by Crippen LogP contribution is 2.11. The van der Waals surface area contributed by atoms with E-state index >= 15 is 0 Å². The van der Waals surface area contributed by atoms with Crippen molar-refractivity contribution in [1.82, 2.24) is 31.9 Å². The summed E-state index contributed by atoms with van der Waals surface area (Å²) >= 11 is 0. The van der Waals surface area contributed by atoms with E-state index < -0.39 is 110 Å². The van der Waals surface area contributed by atoms with Gasteiger partial charge < -0.3 is 71.2 Å². The van der Waals surface area contributed by atoms with Gasteiger partial charge in [-0.1, -0.05) is 182 Å². The Morgan fingerprint density at radius 3 is 1.03 bits per heavy atom. The molecule has 6 aromatic carbocycles. The van der Waals surface area contributed by atoms with Crippen LogP contribution in [0.25, 0.3) is 0 Å². The summed E-state index contributed by atoms with van der Waals surface area (Å²) in [5.74, 6) is -6.23. The van der Waals surface area contributed by atoms with Crippen molar-refractivity contribution in [2.45, 2.75) is 102 Å². The fourth-order valence-electron chi connectivity index (χ4n) is 8.26. The number of ketones is 3. The molecular formula is C71H81F2N7O19. The molecule has 528 valence electrons. The molecule has 0 saturated heterocycles. The standard InChI is InChI=1S/C36H40FN3O9.C22H24N2O6.C13H17FN2O4/c37-21-32(35(45)47-23-27-12-6-2-7-13-27)49-25-39-33(43)19-17-31(42)30(20-26-10-4-1-5-11-26)40-34(44)18-16-29(41)22-38-36(46)48-24-28-14-8-3-9-15-28;25-18(14-23-22(29)30-15-17-9-5-2-6-10-17)11-12-20(26)24-19(21(27)28)13-16-7-3-1-4-8-16;14-6-11(20-9-16-12(17)7-15)13(18)19-8-10-4-2-1-3-5-10/h1-15,30,32H,16-25H2,(H,38,46)(H,39,43)(H,40,44);1-10,19H,11-15H2,(H,23,29)(H,24,26)(H,27,28);1-5,11H,6-9,15H2,(H,16,17)/t30-,32?;19-;/m00./s1. The maximum atomic E-state index is 13.4. The van der Waals surface area contributed by atoms with Gasteiger partial charge in [0.25, 0.3) is 0 Å². The first-order valence-electron chi connectivity index (χ1n) is 31.2. The van der Waals surface area contributed by atoms with Crippen LogP contribution in [0.3, 0.4) is 0 Å². The summed E-state index contributed by atoms with van der Waals surface area (Å²) in [7, 11) is 0.